The number of nitrogens with one attached hydrogen (secondary N) is 1. The molecule has 8 nitrogen and oxygen atoms in total. The van der Waals surface area contributed by atoms with Gasteiger partial charge in [0.25, 0.3) is 5.56 Å². The van der Waals surface area contributed by atoms with Gasteiger partial charge in [-0.25, -0.2) is 17.8 Å². The van der Waals surface area contributed by atoms with Crippen LogP contribution in [0.1, 0.15) is 18.2 Å². The third-order valence-corrected chi connectivity index (χ3v) is 4.93. The number of nitriles is 1. The Balaban J connectivity index is 2.74. The summed E-state index contributed by atoms with van der Waals surface area (Å²) in [6.45, 7) is 1.36. The van der Waals surface area contributed by atoms with Crippen molar-refractivity contribution in [2.75, 3.05) is 10.5 Å². The van der Waals surface area contributed by atoms with Crippen molar-refractivity contribution in [3.05, 3.63) is 56.4 Å². The third-order valence-electron chi connectivity index (χ3n) is 3.64. The van der Waals surface area contributed by atoms with Gasteiger partial charge in [0.2, 0.25) is 10.0 Å². The summed E-state index contributed by atoms with van der Waals surface area (Å²) in [5.74, 6) is -0.301. The number of benzene rings is 1. The minimum atomic E-state index is -4.90. The largest absolute Gasteiger partial charge is 0.431 e. The molecule has 0 fully saturated rings. The Bertz CT molecular complexity index is 1160. The summed E-state index contributed by atoms with van der Waals surface area (Å²) < 4.78 is 65.1. The molecule has 2 rings (SSSR count). The van der Waals surface area contributed by atoms with Gasteiger partial charge in [-0.15, -0.1) is 0 Å². The molecule has 0 amide bonds. The summed E-state index contributed by atoms with van der Waals surface area (Å²) >= 11 is 0. The first kappa shape index (κ1) is 20.2. The average Bonchev–Trinajstić information content (AvgIpc) is 2.57. The van der Waals surface area contributed by atoms with Gasteiger partial charge in [0.15, 0.2) is 0 Å². The first-order chi connectivity index (χ1) is 12.4. The minimum Gasteiger partial charge on any atom is -0.292 e. The van der Waals surface area contributed by atoms with Gasteiger partial charge in [-0.05, 0) is 25.1 Å². The van der Waals surface area contributed by atoms with E-state index in [2.05, 4.69) is 4.72 Å². The molecule has 0 aliphatic heterocycles. The highest BCUT2D eigenvalue weighted by Gasteiger charge is 2.35. The van der Waals surface area contributed by atoms with E-state index in [0.717, 1.165) is 25.2 Å². The second-order valence-corrected chi connectivity index (χ2v) is 7.40. The Kier molecular flexibility index (Phi) is 5.19. The van der Waals surface area contributed by atoms with Crippen LogP contribution in [0.4, 0.5) is 18.9 Å². The highest BCUT2D eigenvalue weighted by Crippen LogP contribution is 2.27. The fraction of sp³-hybridized carbons (Fsp3) is 0.267. The van der Waals surface area contributed by atoms with Gasteiger partial charge >= 0.3 is 11.9 Å². The number of anilines is 1. The van der Waals surface area contributed by atoms with Crippen LogP contribution in [0.3, 0.4) is 0 Å². The van der Waals surface area contributed by atoms with Gasteiger partial charge in [0.1, 0.15) is 11.8 Å². The summed E-state index contributed by atoms with van der Waals surface area (Å²) in [6, 6.07) is 5.33. The Hall–Kier alpha value is -3.07. The minimum absolute atomic E-state index is 0.0902. The molecule has 0 aliphatic rings. The number of hydrogen-bond donors (Lipinski definition) is 1. The molecule has 0 spiro atoms. The average molecular weight is 402 g/mol. The lowest BCUT2D eigenvalue weighted by atomic mass is 10.2. The lowest BCUT2D eigenvalue weighted by Gasteiger charge is -2.15. The molecule has 0 atom stereocenters. The molecule has 0 unspecified atom stereocenters. The number of halogens is 3. The predicted octanol–water partition coefficient (Wildman–Crippen LogP) is 1.19. The summed E-state index contributed by atoms with van der Waals surface area (Å²) in [5, 5.41) is 9.08. The topological polar surface area (TPSA) is 114 Å². The van der Waals surface area contributed by atoms with E-state index in [1.165, 1.54) is 6.92 Å². The SMILES string of the molecule is CCS(=O)(=O)Nc1cc(-n2c(=O)cc(C(F)(F)F)n(C)c2=O)ccc1C#N. The van der Waals surface area contributed by atoms with E-state index in [1.54, 1.807) is 6.07 Å². The van der Waals surface area contributed by atoms with Crippen molar-refractivity contribution in [1.82, 2.24) is 9.13 Å². The van der Waals surface area contributed by atoms with Crippen LogP contribution in [0.2, 0.25) is 0 Å². The molecular formula is C15H13F3N4O4S. The van der Waals surface area contributed by atoms with Crippen molar-refractivity contribution >= 4 is 15.7 Å². The Morgan fingerprint density at radius 3 is 2.37 bits per heavy atom. The van der Waals surface area contributed by atoms with Gasteiger partial charge in [-0.3, -0.25) is 14.1 Å². The van der Waals surface area contributed by atoms with Gasteiger partial charge in [0, 0.05) is 13.1 Å². The van der Waals surface area contributed by atoms with Crippen LogP contribution >= 0.6 is 0 Å². The van der Waals surface area contributed by atoms with Crippen LogP contribution < -0.4 is 16.0 Å². The Labute approximate surface area is 151 Å². The van der Waals surface area contributed by atoms with Crippen molar-refractivity contribution in [1.29, 1.82) is 5.26 Å². The van der Waals surface area contributed by atoms with E-state index in [0.29, 0.717) is 4.57 Å². The zero-order valence-corrected chi connectivity index (χ0v) is 14.8. The van der Waals surface area contributed by atoms with Crippen molar-refractivity contribution in [2.24, 2.45) is 7.05 Å². The smallest absolute Gasteiger partial charge is 0.292 e. The van der Waals surface area contributed by atoms with Crippen molar-refractivity contribution in [3.63, 3.8) is 0 Å². The lowest BCUT2D eigenvalue weighted by molar-refractivity contribution is -0.144. The summed E-state index contributed by atoms with van der Waals surface area (Å²) in [4.78, 5) is 24.4. The fourth-order valence-corrected chi connectivity index (χ4v) is 2.88. The Morgan fingerprint density at radius 1 is 1.22 bits per heavy atom. The number of alkyl halides is 3. The molecule has 1 aromatic carbocycles. The fourth-order valence-electron chi connectivity index (χ4n) is 2.23. The zero-order chi connectivity index (χ0) is 20.6. The van der Waals surface area contributed by atoms with E-state index >= 15 is 0 Å². The van der Waals surface area contributed by atoms with E-state index < -0.39 is 33.1 Å². The van der Waals surface area contributed by atoms with Crippen molar-refractivity contribution in [2.45, 2.75) is 13.1 Å². The first-order valence-corrected chi connectivity index (χ1v) is 9.01. The van der Waals surface area contributed by atoms with Crippen molar-refractivity contribution in [3.8, 4) is 11.8 Å². The molecule has 0 saturated carbocycles. The lowest BCUT2D eigenvalue weighted by Crippen LogP contribution is -2.40. The molecule has 1 aromatic heterocycles. The van der Waals surface area contributed by atoms with Gasteiger partial charge in [-0.1, -0.05) is 0 Å². The highest BCUT2D eigenvalue weighted by atomic mass is 32.2. The molecule has 0 saturated heterocycles. The summed E-state index contributed by atoms with van der Waals surface area (Å²) in [6.07, 6.45) is -4.90. The van der Waals surface area contributed by atoms with E-state index in [-0.39, 0.29) is 33.3 Å². The molecule has 12 heteroatoms. The maximum atomic E-state index is 12.9. The molecule has 2 aromatic rings. The summed E-state index contributed by atoms with van der Waals surface area (Å²) in [5.41, 5.74) is -4.43. The van der Waals surface area contributed by atoms with Gasteiger partial charge in [-0.2, -0.15) is 18.4 Å². The number of sulfonamides is 1. The second kappa shape index (κ2) is 6.92. The van der Waals surface area contributed by atoms with Crippen LogP contribution in [-0.2, 0) is 23.2 Å². The van der Waals surface area contributed by atoms with Gasteiger partial charge < -0.3 is 0 Å². The number of aromatic nitrogens is 2. The third kappa shape index (κ3) is 4.03. The standard InChI is InChI=1S/C15H13F3N4O4S/c1-3-27(25,26)20-11-6-10(5-4-9(11)8-19)22-13(23)7-12(15(16,17)18)21(2)14(22)24/h4-7,20H,3H2,1-2H3. The molecular weight excluding hydrogens is 389 g/mol. The Morgan fingerprint density at radius 2 is 1.85 bits per heavy atom. The number of hydrogen-bond acceptors (Lipinski definition) is 5. The highest BCUT2D eigenvalue weighted by molar-refractivity contribution is 7.92. The first-order valence-electron chi connectivity index (χ1n) is 7.36. The quantitative estimate of drug-likeness (QED) is 0.825. The maximum Gasteiger partial charge on any atom is 0.431 e. The van der Waals surface area contributed by atoms with E-state index in [1.807, 2.05) is 0 Å². The maximum absolute atomic E-state index is 12.9. The molecule has 0 bridgehead atoms. The number of nitrogens with zero attached hydrogens (tertiary/aromatic N) is 3. The monoisotopic (exact) mass is 402 g/mol. The van der Waals surface area contributed by atoms with E-state index in [4.69, 9.17) is 5.26 Å². The molecule has 1 N–H and O–H groups in total. The molecule has 0 aliphatic carbocycles. The molecule has 0 radical (unpaired) electrons. The molecule has 27 heavy (non-hydrogen) atoms. The van der Waals surface area contributed by atoms with Crippen LogP contribution in [0.5, 0.6) is 0 Å². The molecule has 1 heterocycles. The van der Waals surface area contributed by atoms with Crippen LogP contribution in [0.15, 0.2) is 33.9 Å². The normalized spacial score (nSPS) is 11.9. The predicted molar refractivity (Wildman–Crippen MR) is 90.1 cm³/mol. The van der Waals surface area contributed by atoms with Gasteiger partial charge in [0.05, 0.1) is 22.7 Å². The van der Waals surface area contributed by atoms with Crippen LogP contribution in [0, 0.1) is 11.3 Å². The molecule has 144 valence electrons. The van der Waals surface area contributed by atoms with E-state index in [9.17, 15) is 31.2 Å². The van der Waals surface area contributed by atoms with Crippen LogP contribution in [-0.4, -0.2) is 23.3 Å². The second-order valence-electron chi connectivity index (χ2n) is 5.39. The summed E-state index contributed by atoms with van der Waals surface area (Å²) in [7, 11) is -2.93. The van der Waals surface area contributed by atoms with Crippen LogP contribution in [0.25, 0.3) is 5.69 Å². The number of rotatable bonds is 4. The zero-order valence-electron chi connectivity index (χ0n) is 14.0. The van der Waals surface area contributed by atoms with Crippen molar-refractivity contribution < 1.29 is 21.6 Å².